The van der Waals surface area contributed by atoms with Crippen LogP contribution in [0.1, 0.15) is 36.8 Å². The number of aliphatic hydroxyl groups excluding tert-OH is 1. The monoisotopic (exact) mass is 637 g/mol. The number of benzene rings is 1. The second-order valence-corrected chi connectivity index (χ2v) is 12.9. The van der Waals surface area contributed by atoms with Crippen LogP contribution in [0.25, 0.3) is 16.2 Å². The van der Waals surface area contributed by atoms with Crippen molar-refractivity contribution in [1.29, 1.82) is 5.26 Å². The summed E-state index contributed by atoms with van der Waals surface area (Å²) in [5.41, 5.74) is 1.92. The number of β-amino-alcohol motifs (C(OH)–C–C–N with tert-alkyl or cyclic N) is 1. The number of amides is 2. The summed E-state index contributed by atoms with van der Waals surface area (Å²) in [5.74, 6) is 0.118. The number of hydrogen-bond acceptors (Lipinski definition) is 11. The van der Waals surface area contributed by atoms with Crippen molar-refractivity contribution in [2.75, 3.05) is 50.1 Å². The van der Waals surface area contributed by atoms with E-state index in [4.69, 9.17) is 15.1 Å². The number of carbonyl (C=O) groups excluding carboxylic acids is 2. The van der Waals surface area contributed by atoms with Crippen molar-refractivity contribution in [3.63, 3.8) is 0 Å². The number of aryl methyl sites for hydroxylation is 1. The number of nitrogens with zero attached hydrogens (tertiary/aromatic N) is 9. The van der Waals surface area contributed by atoms with E-state index in [9.17, 15) is 24.3 Å². The molecule has 2 aliphatic heterocycles. The molecular weight excluding hydrogens is 606 g/mol. The van der Waals surface area contributed by atoms with Crippen LogP contribution in [0.5, 0.6) is 0 Å². The molecule has 2 fully saturated rings. The van der Waals surface area contributed by atoms with Crippen LogP contribution in [-0.4, -0.2) is 98.7 Å². The average Bonchev–Trinajstić information content (AvgIpc) is 3.66. The topological polar surface area (TPSA) is 134 Å². The molecule has 6 rings (SSSR count). The Kier molecular flexibility index (Phi) is 8.34. The highest BCUT2D eigenvalue weighted by Gasteiger charge is 2.36. The van der Waals surface area contributed by atoms with Gasteiger partial charge in [-0.05, 0) is 57.0 Å². The molecule has 1 N–H and O–H groups in total. The van der Waals surface area contributed by atoms with Crippen LogP contribution in [0.15, 0.2) is 24.3 Å². The van der Waals surface area contributed by atoms with Crippen LogP contribution in [0, 0.1) is 17.1 Å². The summed E-state index contributed by atoms with van der Waals surface area (Å²) in [5, 5.41) is 25.3. The van der Waals surface area contributed by atoms with Crippen LogP contribution in [0.2, 0.25) is 0 Å². The lowest BCUT2D eigenvalue weighted by Gasteiger charge is -2.37. The summed E-state index contributed by atoms with van der Waals surface area (Å²) in [6.07, 6.45) is 2.44. The highest BCUT2D eigenvalue weighted by atomic mass is 32.1. The van der Waals surface area contributed by atoms with Crippen molar-refractivity contribution in [2.45, 2.75) is 44.8 Å². The fraction of sp³-hybridized carbons (Fsp3) is 0.448. The van der Waals surface area contributed by atoms with Gasteiger partial charge in [0.1, 0.15) is 22.5 Å². The van der Waals surface area contributed by atoms with Crippen LogP contribution in [0.3, 0.4) is 0 Å². The quantitative estimate of drug-likeness (QED) is 0.309. The number of hydrogen-bond donors (Lipinski definition) is 1. The minimum atomic E-state index is -0.471. The number of anilines is 3. The number of aliphatic hydroxyl groups is 1. The van der Waals surface area contributed by atoms with Crippen molar-refractivity contribution < 1.29 is 19.1 Å². The molecule has 0 radical (unpaired) electrons. The van der Waals surface area contributed by atoms with Crippen LogP contribution >= 0.6 is 22.7 Å². The number of nitriles is 1. The third kappa shape index (κ3) is 5.54. The number of likely N-dealkylation sites (N-methyl/N-ethyl adjacent to an activating group) is 1. The number of aromatic nitrogens is 4. The van der Waals surface area contributed by atoms with E-state index in [1.165, 1.54) is 34.8 Å². The molecule has 0 bridgehead atoms. The number of halogens is 1. The van der Waals surface area contributed by atoms with Gasteiger partial charge in [0.05, 0.1) is 24.4 Å². The normalized spacial score (nSPS) is 17.7. The smallest absolute Gasteiger partial charge is 0.246 e. The zero-order valence-corrected chi connectivity index (χ0v) is 26.2. The Bertz CT molecular complexity index is 1740. The van der Waals surface area contributed by atoms with Gasteiger partial charge in [0, 0.05) is 32.2 Å². The summed E-state index contributed by atoms with van der Waals surface area (Å²) in [7, 11) is 3.63. The van der Waals surface area contributed by atoms with Crippen molar-refractivity contribution >= 4 is 55.5 Å². The third-order valence-corrected chi connectivity index (χ3v) is 10.0. The van der Waals surface area contributed by atoms with Crippen LogP contribution in [0.4, 0.5) is 20.5 Å². The van der Waals surface area contributed by atoms with E-state index in [2.05, 4.69) is 6.07 Å². The Labute approximate surface area is 261 Å². The lowest BCUT2D eigenvalue weighted by Crippen LogP contribution is -2.57. The van der Waals surface area contributed by atoms with Crippen molar-refractivity contribution in [2.24, 2.45) is 0 Å². The van der Waals surface area contributed by atoms with Crippen LogP contribution < -0.4 is 9.80 Å². The first kappa shape index (κ1) is 30.1. The van der Waals surface area contributed by atoms with E-state index >= 15 is 0 Å². The number of thiazole rings is 1. The van der Waals surface area contributed by atoms with Gasteiger partial charge in [-0.1, -0.05) is 29.6 Å². The number of fused-ring (bicyclic) bond motifs is 1. The van der Waals surface area contributed by atoms with E-state index in [1.54, 1.807) is 38.4 Å². The molecule has 0 aliphatic carbocycles. The van der Waals surface area contributed by atoms with E-state index in [-0.39, 0.29) is 24.2 Å². The highest BCUT2D eigenvalue weighted by Crippen LogP contribution is 2.38. The van der Waals surface area contributed by atoms with E-state index in [1.807, 2.05) is 18.9 Å². The minimum absolute atomic E-state index is 0.0989. The molecule has 1 unspecified atom stereocenters. The van der Waals surface area contributed by atoms with Gasteiger partial charge < -0.3 is 14.9 Å². The molecule has 5 heterocycles. The fourth-order valence-corrected chi connectivity index (χ4v) is 7.37. The zero-order valence-electron chi connectivity index (χ0n) is 24.6. The maximum atomic E-state index is 13.8. The highest BCUT2D eigenvalue weighted by molar-refractivity contribution is 7.20. The maximum absolute atomic E-state index is 13.8. The first-order valence-electron chi connectivity index (χ1n) is 14.4. The molecule has 2 saturated heterocycles. The van der Waals surface area contributed by atoms with Crippen molar-refractivity contribution in [1.82, 2.24) is 29.4 Å². The predicted octanol–water partition coefficient (Wildman–Crippen LogP) is 3.28. The lowest BCUT2D eigenvalue weighted by atomic mass is 10.1. The second-order valence-electron chi connectivity index (χ2n) is 11.0. The van der Waals surface area contributed by atoms with E-state index < -0.39 is 12.1 Å². The molecule has 0 spiro atoms. The van der Waals surface area contributed by atoms with Crippen molar-refractivity contribution in [3.05, 3.63) is 40.7 Å². The summed E-state index contributed by atoms with van der Waals surface area (Å²) >= 11 is 2.56. The third-order valence-electron chi connectivity index (χ3n) is 8.04. The molecule has 0 saturated carbocycles. The number of likely N-dealkylation sites (tertiary alicyclic amines) is 1. The largest absolute Gasteiger partial charge is 0.389 e. The van der Waals surface area contributed by atoms with Gasteiger partial charge in [-0.15, -0.1) is 5.10 Å². The maximum Gasteiger partial charge on any atom is 0.246 e. The molecule has 1 aromatic carbocycles. The standard InChI is InChI=1S/C29H32FN9O3S2/c1-4-20-25(36(3)27-33-24(22(13-31)43-27)17-8-10-18(30)11-9-17)39-28(32-20)44-29(34-39)38-12-6-5-7-21(26(38)42)35(2)16-23(41)37-14-19(40)15-37/h8-11,19,21,40H,4-7,12,14-16H2,1-3H3. The van der Waals surface area contributed by atoms with Crippen LogP contribution in [-0.2, 0) is 16.0 Å². The van der Waals surface area contributed by atoms with E-state index in [0.717, 1.165) is 18.5 Å². The lowest BCUT2D eigenvalue weighted by molar-refractivity contribution is -0.143. The summed E-state index contributed by atoms with van der Waals surface area (Å²) in [6, 6.07) is 7.62. The van der Waals surface area contributed by atoms with Crippen molar-refractivity contribution in [3.8, 4) is 17.3 Å². The molecule has 1 atom stereocenters. The second kappa shape index (κ2) is 12.2. The number of imidazole rings is 1. The Morgan fingerprint density at radius 3 is 2.61 bits per heavy atom. The number of rotatable bonds is 8. The molecule has 15 heteroatoms. The van der Waals surface area contributed by atoms with E-state index in [0.29, 0.717) is 69.7 Å². The summed E-state index contributed by atoms with van der Waals surface area (Å²) in [6.45, 7) is 3.28. The van der Waals surface area contributed by atoms with Gasteiger partial charge in [-0.2, -0.15) is 9.78 Å². The molecule has 3 aromatic heterocycles. The molecule has 230 valence electrons. The Morgan fingerprint density at radius 2 is 1.93 bits per heavy atom. The molecule has 44 heavy (non-hydrogen) atoms. The summed E-state index contributed by atoms with van der Waals surface area (Å²) in [4.78, 5) is 44.0. The Hall–Kier alpha value is -3.97. The average molecular weight is 638 g/mol. The Balaban J connectivity index is 1.28. The molecule has 4 aromatic rings. The molecule has 2 aliphatic rings. The zero-order chi connectivity index (χ0) is 31.1. The number of carbonyl (C=O) groups is 2. The van der Waals surface area contributed by atoms with Gasteiger partial charge in [-0.3, -0.25) is 19.4 Å². The van der Waals surface area contributed by atoms with Gasteiger partial charge in [0.2, 0.25) is 21.9 Å². The SMILES string of the molecule is CCc1nc2sc(N3CCCCC(N(C)CC(=O)N4CC(O)C4)C3=O)nn2c1N(C)c1nc(-c2ccc(F)cc2)c(C#N)s1. The predicted molar refractivity (Wildman–Crippen MR) is 166 cm³/mol. The minimum Gasteiger partial charge on any atom is -0.389 e. The van der Waals surface area contributed by atoms with Gasteiger partial charge in [0.15, 0.2) is 10.9 Å². The van der Waals surface area contributed by atoms with Gasteiger partial charge in [-0.25, -0.2) is 14.4 Å². The first-order valence-corrected chi connectivity index (χ1v) is 16.1. The Morgan fingerprint density at radius 1 is 1.18 bits per heavy atom. The summed E-state index contributed by atoms with van der Waals surface area (Å²) < 4.78 is 15.3. The molecular formula is C29H32FN9O3S2. The first-order chi connectivity index (χ1) is 21.2. The molecule has 12 nitrogen and oxygen atoms in total. The van der Waals surface area contributed by atoms with Gasteiger partial charge >= 0.3 is 0 Å². The molecule has 2 amide bonds. The van der Waals surface area contributed by atoms with Gasteiger partial charge in [0.25, 0.3) is 0 Å². The fourth-order valence-electron chi connectivity index (χ4n) is 5.58.